The predicted molar refractivity (Wildman–Crippen MR) is 61.0 cm³/mol. The van der Waals surface area contributed by atoms with Gasteiger partial charge in [-0.3, -0.25) is 4.79 Å². The Labute approximate surface area is 96.3 Å². The fourth-order valence-corrected chi connectivity index (χ4v) is 1.52. The van der Waals surface area contributed by atoms with Gasteiger partial charge in [-0.05, 0) is 17.7 Å². The number of imidazole rings is 1. The predicted octanol–water partition coefficient (Wildman–Crippen LogP) is 0.386. The molecule has 1 amide bonds. The first kappa shape index (κ1) is 11.0. The number of rotatable bonds is 3. The van der Waals surface area contributed by atoms with Crippen LogP contribution in [-0.2, 0) is 11.3 Å². The second-order valence-corrected chi connectivity index (χ2v) is 3.57. The van der Waals surface area contributed by atoms with E-state index in [-0.39, 0.29) is 18.0 Å². The highest BCUT2D eigenvalue weighted by Gasteiger charge is 2.02. The Balaban J connectivity index is 2.12. The number of aromatic nitrogens is 2. The maximum atomic E-state index is 11.1. The van der Waals surface area contributed by atoms with Crippen LogP contribution in [-0.4, -0.2) is 15.9 Å². The van der Waals surface area contributed by atoms with E-state index >= 15 is 0 Å². The van der Waals surface area contributed by atoms with Crippen LogP contribution in [0.3, 0.4) is 0 Å². The minimum absolute atomic E-state index is 0.150. The van der Waals surface area contributed by atoms with Gasteiger partial charge >= 0.3 is 5.69 Å². The Hall–Kier alpha value is -2.55. The quantitative estimate of drug-likeness (QED) is 0.710. The summed E-state index contributed by atoms with van der Waals surface area (Å²) < 4.78 is 0. The first-order chi connectivity index (χ1) is 8.19. The molecule has 0 aliphatic rings. The molecule has 0 fully saturated rings. The van der Waals surface area contributed by atoms with Crippen molar-refractivity contribution in [1.29, 1.82) is 5.26 Å². The molecule has 0 spiro atoms. The van der Waals surface area contributed by atoms with Crippen LogP contribution >= 0.6 is 0 Å². The number of aromatic amines is 2. The topological polar surface area (TPSA) is 102 Å². The Morgan fingerprint density at radius 2 is 2.12 bits per heavy atom. The van der Waals surface area contributed by atoms with Crippen molar-refractivity contribution < 1.29 is 4.79 Å². The maximum Gasteiger partial charge on any atom is 0.323 e. The number of nitrogens with zero attached hydrogens (tertiary/aromatic N) is 1. The number of nitriles is 1. The summed E-state index contributed by atoms with van der Waals surface area (Å²) in [5.74, 6) is -0.310. The number of nitrogens with one attached hydrogen (secondary N) is 3. The maximum absolute atomic E-state index is 11.1. The lowest BCUT2D eigenvalue weighted by atomic mass is 10.2. The number of hydrogen-bond acceptors (Lipinski definition) is 3. The average Bonchev–Trinajstić information content (AvgIpc) is 2.66. The largest absolute Gasteiger partial charge is 0.351 e. The third-order valence-electron chi connectivity index (χ3n) is 2.31. The molecule has 1 aromatic heterocycles. The van der Waals surface area contributed by atoms with Gasteiger partial charge in [0.25, 0.3) is 0 Å². The molecule has 1 aromatic carbocycles. The molecule has 2 aromatic rings. The molecule has 6 heteroatoms. The lowest BCUT2D eigenvalue weighted by Gasteiger charge is -2.02. The molecule has 6 nitrogen and oxygen atoms in total. The molecule has 17 heavy (non-hydrogen) atoms. The normalized spacial score (nSPS) is 10.1. The van der Waals surface area contributed by atoms with E-state index in [1.54, 1.807) is 24.3 Å². The van der Waals surface area contributed by atoms with Gasteiger partial charge in [0.2, 0.25) is 5.91 Å². The summed E-state index contributed by atoms with van der Waals surface area (Å²) in [6.07, 6.45) is -0.150. The van der Waals surface area contributed by atoms with E-state index in [0.717, 1.165) is 11.1 Å². The van der Waals surface area contributed by atoms with Crippen LogP contribution in [0.2, 0.25) is 0 Å². The second kappa shape index (κ2) is 4.53. The third-order valence-corrected chi connectivity index (χ3v) is 2.31. The Morgan fingerprint density at radius 1 is 1.35 bits per heavy atom. The van der Waals surface area contributed by atoms with Gasteiger partial charge in [0.1, 0.15) is 6.42 Å². The van der Waals surface area contributed by atoms with Gasteiger partial charge in [-0.15, -0.1) is 0 Å². The van der Waals surface area contributed by atoms with E-state index < -0.39 is 0 Å². The van der Waals surface area contributed by atoms with Gasteiger partial charge in [-0.25, -0.2) is 4.79 Å². The van der Waals surface area contributed by atoms with Crippen molar-refractivity contribution in [2.75, 3.05) is 0 Å². The van der Waals surface area contributed by atoms with Crippen molar-refractivity contribution in [2.24, 2.45) is 0 Å². The summed E-state index contributed by atoms with van der Waals surface area (Å²) in [6.45, 7) is 0.337. The van der Waals surface area contributed by atoms with Crippen molar-refractivity contribution in [1.82, 2.24) is 15.3 Å². The Bertz CT molecular complexity index is 647. The molecule has 0 bridgehead atoms. The minimum atomic E-state index is -0.310. The number of fused-ring (bicyclic) bond motifs is 1. The average molecular weight is 230 g/mol. The summed E-state index contributed by atoms with van der Waals surface area (Å²) in [4.78, 5) is 27.4. The third kappa shape index (κ3) is 2.52. The van der Waals surface area contributed by atoms with Crippen molar-refractivity contribution in [3.8, 4) is 6.07 Å². The lowest BCUT2D eigenvalue weighted by Crippen LogP contribution is -2.21. The molecule has 1 heterocycles. The molecule has 0 atom stereocenters. The first-order valence-electron chi connectivity index (χ1n) is 5.03. The van der Waals surface area contributed by atoms with Gasteiger partial charge in [0, 0.05) is 6.54 Å². The number of benzene rings is 1. The number of carbonyl (C=O) groups is 1. The van der Waals surface area contributed by atoms with Gasteiger partial charge in [-0.2, -0.15) is 5.26 Å². The molecule has 0 aliphatic heterocycles. The minimum Gasteiger partial charge on any atom is -0.351 e. The molecule has 0 saturated heterocycles. The van der Waals surface area contributed by atoms with E-state index in [1.807, 2.05) is 0 Å². The lowest BCUT2D eigenvalue weighted by molar-refractivity contribution is -0.120. The second-order valence-electron chi connectivity index (χ2n) is 3.57. The number of carbonyl (C=O) groups excluding carboxylic acids is 1. The van der Waals surface area contributed by atoms with Crippen LogP contribution in [0.1, 0.15) is 12.0 Å². The van der Waals surface area contributed by atoms with E-state index in [2.05, 4.69) is 15.3 Å². The molecule has 3 N–H and O–H groups in total. The van der Waals surface area contributed by atoms with E-state index in [0.29, 0.717) is 12.1 Å². The van der Waals surface area contributed by atoms with Crippen molar-refractivity contribution in [2.45, 2.75) is 13.0 Å². The zero-order valence-electron chi connectivity index (χ0n) is 8.91. The fourth-order valence-electron chi connectivity index (χ4n) is 1.52. The summed E-state index contributed by atoms with van der Waals surface area (Å²) in [6, 6.07) is 7.12. The molecular weight excluding hydrogens is 220 g/mol. The number of H-pyrrole nitrogens is 2. The van der Waals surface area contributed by atoms with Crippen LogP contribution in [0.5, 0.6) is 0 Å². The van der Waals surface area contributed by atoms with E-state index in [1.165, 1.54) is 0 Å². The standard InChI is InChI=1S/C11H10N4O2/c12-4-3-10(16)13-6-7-1-2-8-9(5-7)15-11(17)14-8/h1-2,5H,3,6H2,(H,13,16)(H2,14,15,17). The smallest absolute Gasteiger partial charge is 0.323 e. The highest BCUT2D eigenvalue weighted by Crippen LogP contribution is 2.09. The monoisotopic (exact) mass is 230 g/mol. The van der Waals surface area contributed by atoms with Crippen molar-refractivity contribution in [3.63, 3.8) is 0 Å². The Morgan fingerprint density at radius 3 is 2.88 bits per heavy atom. The summed E-state index contributed by atoms with van der Waals surface area (Å²) in [5.41, 5.74) is 2.02. The van der Waals surface area contributed by atoms with Gasteiger partial charge in [-0.1, -0.05) is 6.07 Å². The number of hydrogen-bond donors (Lipinski definition) is 3. The Kier molecular flexibility index (Phi) is 2.92. The van der Waals surface area contributed by atoms with Crippen LogP contribution in [0, 0.1) is 11.3 Å². The SMILES string of the molecule is N#CCC(=O)NCc1ccc2[nH]c(=O)[nH]c2c1. The summed E-state index contributed by atoms with van der Waals surface area (Å²) in [7, 11) is 0. The van der Waals surface area contributed by atoms with Crippen LogP contribution in [0.4, 0.5) is 0 Å². The highest BCUT2D eigenvalue weighted by atomic mass is 16.1. The summed E-state index contributed by atoms with van der Waals surface area (Å²) in [5, 5.41) is 10.9. The molecule has 86 valence electrons. The van der Waals surface area contributed by atoms with Crippen molar-refractivity contribution in [3.05, 3.63) is 34.2 Å². The van der Waals surface area contributed by atoms with Gasteiger partial charge < -0.3 is 15.3 Å². The van der Waals surface area contributed by atoms with Crippen LogP contribution < -0.4 is 11.0 Å². The molecule has 0 radical (unpaired) electrons. The fraction of sp³-hybridized carbons (Fsp3) is 0.182. The molecule has 0 aliphatic carbocycles. The van der Waals surface area contributed by atoms with E-state index in [4.69, 9.17) is 5.26 Å². The number of amides is 1. The van der Waals surface area contributed by atoms with Crippen molar-refractivity contribution >= 4 is 16.9 Å². The first-order valence-corrected chi connectivity index (χ1v) is 5.03. The van der Waals surface area contributed by atoms with Gasteiger partial charge in [0.15, 0.2) is 0 Å². The molecule has 0 unspecified atom stereocenters. The van der Waals surface area contributed by atoms with Crippen LogP contribution in [0.25, 0.3) is 11.0 Å². The van der Waals surface area contributed by atoms with Crippen LogP contribution in [0.15, 0.2) is 23.0 Å². The molecule has 0 saturated carbocycles. The van der Waals surface area contributed by atoms with E-state index in [9.17, 15) is 9.59 Å². The summed E-state index contributed by atoms with van der Waals surface area (Å²) >= 11 is 0. The highest BCUT2D eigenvalue weighted by molar-refractivity contribution is 5.78. The van der Waals surface area contributed by atoms with Gasteiger partial charge in [0.05, 0.1) is 17.1 Å². The molecular formula is C11H10N4O2. The molecule has 2 rings (SSSR count). The zero-order chi connectivity index (χ0) is 12.3. The zero-order valence-corrected chi connectivity index (χ0v) is 8.91.